The van der Waals surface area contributed by atoms with E-state index in [-0.39, 0.29) is 20.1 Å². The van der Waals surface area contributed by atoms with E-state index in [1.54, 1.807) is 0 Å². The molecular weight excluding hydrogens is 793 g/mol. The summed E-state index contributed by atoms with van der Waals surface area (Å²) in [6.07, 6.45) is 3.92. The Hall–Kier alpha value is -4.67. The second-order valence-corrected chi connectivity index (χ2v) is 18.5. The first kappa shape index (κ1) is 34.2. The quantitative estimate of drug-likeness (QED) is 0.128. The van der Waals surface area contributed by atoms with Crippen LogP contribution in [0.15, 0.2) is 138 Å². The molecule has 49 heavy (non-hydrogen) atoms. The Morgan fingerprint density at radius 3 is 2.16 bits per heavy atom. The van der Waals surface area contributed by atoms with E-state index in [0.29, 0.717) is 5.92 Å². The molecule has 1 radical (unpaired) electrons. The molecule has 5 aromatic carbocycles. The standard InChI is InChI=1S/C29H20NO.C15H18NSi.Ir/c1-19(20-7-3-2-4-8-20)22-15-16-30-27(18-22)23-12-14-28-26(17-23)25-13-11-21-9-5-6-10-24(21)29(25)31-28;1-12-5-7-13(8-6-12)15-10-9-14(11-16-15)17(2,3)4;/h2-11,13-19H,1H3;5-7,9-11H,1-4H3;/q2*-1;. The fraction of sp³-hybridized carbons (Fsp3) is 0.136. The van der Waals surface area contributed by atoms with Gasteiger partial charge in [-0.1, -0.05) is 124 Å². The fourth-order valence-corrected chi connectivity index (χ4v) is 7.09. The van der Waals surface area contributed by atoms with Crippen molar-refractivity contribution in [3.05, 3.63) is 163 Å². The minimum Gasteiger partial charge on any atom is -0.500 e. The number of aromatic nitrogens is 2. The van der Waals surface area contributed by atoms with E-state index >= 15 is 0 Å². The molecule has 3 nitrogen and oxygen atoms in total. The third kappa shape index (κ3) is 7.35. The summed E-state index contributed by atoms with van der Waals surface area (Å²) >= 11 is 0. The van der Waals surface area contributed by atoms with Crippen LogP contribution in [0, 0.1) is 19.1 Å². The second-order valence-electron chi connectivity index (χ2n) is 13.5. The Kier molecular flexibility index (Phi) is 10.1. The van der Waals surface area contributed by atoms with Crippen LogP contribution in [0.5, 0.6) is 0 Å². The van der Waals surface area contributed by atoms with Crippen molar-refractivity contribution in [2.75, 3.05) is 0 Å². The van der Waals surface area contributed by atoms with E-state index in [1.807, 2.05) is 24.5 Å². The van der Waals surface area contributed by atoms with E-state index < -0.39 is 8.07 Å². The van der Waals surface area contributed by atoms with Gasteiger partial charge in [0.15, 0.2) is 0 Å². The zero-order valence-corrected chi connectivity index (χ0v) is 31.8. The Morgan fingerprint density at radius 1 is 0.653 bits per heavy atom. The van der Waals surface area contributed by atoms with Crippen LogP contribution in [0.25, 0.3) is 55.2 Å². The van der Waals surface area contributed by atoms with Gasteiger partial charge in [0.2, 0.25) is 0 Å². The number of benzene rings is 5. The molecule has 3 heterocycles. The van der Waals surface area contributed by atoms with Crippen LogP contribution in [0.2, 0.25) is 19.6 Å². The number of hydrogen-bond acceptors (Lipinski definition) is 3. The topological polar surface area (TPSA) is 38.9 Å². The molecule has 0 amide bonds. The molecule has 0 saturated heterocycles. The van der Waals surface area contributed by atoms with Gasteiger partial charge >= 0.3 is 0 Å². The van der Waals surface area contributed by atoms with Gasteiger partial charge in [-0.3, -0.25) is 0 Å². The molecule has 0 spiro atoms. The molecule has 0 aliphatic carbocycles. The number of rotatable bonds is 5. The zero-order chi connectivity index (χ0) is 33.3. The summed E-state index contributed by atoms with van der Waals surface area (Å²) < 4.78 is 6.22. The number of nitrogens with zero attached hydrogens (tertiary/aromatic N) is 2. The molecular formula is C44H38IrN2OSi-2. The maximum Gasteiger partial charge on any atom is 0.128 e. The molecule has 1 unspecified atom stereocenters. The van der Waals surface area contributed by atoms with Crippen LogP contribution in [0.3, 0.4) is 0 Å². The number of furan rings is 1. The van der Waals surface area contributed by atoms with Crippen molar-refractivity contribution in [1.82, 2.24) is 9.97 Å². The predicted molar refractivity (Wildman–Crippen MR) is 203 cm³/mol. The molecule has 3 aromatic heterocycles. The summed E-state index contributed by atoms with van der Waals surface area (Å²) in [5, 5.41) is 5.93. The smallest absolute Gasteiger partial charge is 0.128 e. The molecule has 1 atom stereocenters. The maximum atomic E-state index is 6.22. The summed E-state index contributed by atoms with van der Waals surface area (Å²) in [5.41, 5.74) is 9.53. The molecule has 8 rings (SSSR count). The fourth-order valence-electron chi connectivity index (χ4n) is 6.05. The molecule has 0 saturated carbocycles. The molecule has 0 bridgehead atoms. The maximum absolute atomic E-state index is 6.22. The van der Waals surface area contributed by atoms with E-state index in [2.05, 4.69) is 165 Å². The van der Waals surface area contributed by atoms with E-state index in [9.17, 15) is 0 Å². The minimum atomic E-state index is -1.24. The summed E-state index contributed by atoms with van der Waals surface area (Å²) in [5.74, 6) is 0.299. The Morgan fingerprint density at radius 2 is 1.43 bits per heavy atom. The average Bonchev–Trinajstić information content (AvgIpc) is 3.51. The van der Waals surface area contributed by atoms with Crippen LogP contribution in [-0.2, 0) is 20.1 Å². The van der Waals surface area contributed by atoms with Crippen molar-refractivity contribution in [1.29, 1.82) is 0 Å². The van der Waals surface area contributed by atoms with Crippen molar-refractivity contribution < 1.29 is 24.5 Å². The molecule has 0 aliphatic heterocycles. The van der Waals surface area contributed by atoms with Gasteiger partial charge in [0.05, 0.1) is 13.7 Å². The molecule has 5 heteroatoms. The normalized spacial score (nSPS) is 11.9. The number of aryl methyl sites for hydroxylation is 1. The molecule has 0 N–H and O–H groups in total. The Labute approximate surface area is 303 Å². The summed E-state index contributed by atoms with van der Waals surface area (Å²) in [6, 6.07) is 48.7. The van der Waals surface area contributed by atoms with Gasteiger partial charge in [-0.2, -0.15) is 0 Å². The monoisotopic (exact) mass is 831 g/mol. The summed E-state index contributed by atoms with van der Waals surface area (Å²) in [7, 11) is -1.24. The van der Waals surface area contributed by atoms with Gasteiger partial charge in [0.1, 0.15) is 5.58 Å². The van der Waals surface area contributed by atoms with E-state index in [0.717, 1.165) is 49.8 Å². The van der Waals surface area contributed by atoms with Crippen molar-refractivity contribution in [3.63, 3.8) is 0 Å². The van der Waals surface area contributed by atoms with E-state index in [4.69, 9.17) is 4.42 Å². The van der Waals surface area contributed by atoms with Crippen LogP contribution >= 0.6 is 0 Å². The number of fused-ring (bicyclic) bond motifs is 5. The van der Waals surface area contributed by atoms with Crippen molar-refractivity contribution >= 4 is 46.0 Å². The van der Waals surface area contributed by atoms with Gasteiger partial charge in [-0.05, 0) is 39.2 Å². The summed E-state index contributed by atoms with van der Waals surface area (Å²) in [4.78, 5) is 9.19. The van der Waals surface area contributed by atoms with Gasteiger partial charge in [-0.15, -0.1) is 59.2 Å². The zero-order valence-electron chi connectivity index (χ0n) is 28.4. The largest absolute Gasteiger partial charge is 0.500 e. The third-order valence-electron chi connectivity index (χ3n) is 9.03. The Balaban J connectivity index is 0.000000198. The minimum absolute atomic E-state index is 0. The van der Waals surface area contributed by atoms with Crippen LogP contribution in [0.4, 0.5) is 0 Å². The van der Waals surface area contributed by atoms with Gasteiger partial charge in [-0.25, -0.2) is 0 Å². The summed E-state index contributed by atoms with van der Waals surface area (Å²) in [6.45, 7) is 11.3. The van der Waals surface area contributed by atoms with Crippen LogP contribution in [-0.4, -0.2) is 18.0 Å². The predicted octanol–water partition coefficient (Wildman–Crippen LogP) is 11.2. The van der Waals surface area contributed by atoms with Gasteiger partial charge < -0.3 is 14.4 Å². The van der Waals surface area contributed by atoms with Gasteiger partial charge in [0.25, 0.3) is 0 Å². The van der Waals surface area contributed by atoms with Crippen LogP contribution in [0.1, 0.15) is 29.5 Å². The molecule has 8 aromatic rings. The van der Waals surface area contributed by atoms with E-state index in [1.165, 1.54) is 27.3 Å². The molecule has 245 valence electrons. The SMILES string of the molecule is CC(c1ccccc1)c1ccnc(-c2[c-]cc3oc4c5ccccc5ccc4c3c2)c1.Cc1c[c-]c(-c2ccc([Si](C)(C)C)cn2)cc1.[Ir]. The first-order valence-corrected chi connectivity index (χ1v) is 20.0. The van der Waals surface area contributed by atoms with Crippen molar-refractivity contribution in [3.8, 4) is 22.5 Å². The first-order chi connectivity index (χ1) is 23.2. The van der Waals surface area contributed by atoms with Crippen molar-refractivity contribution in [2.45, 2.75) is 39.4 Å². The van der Waals surface area contributed by atoms with Crippen molar-refractivity contribution in [2.24, 2.45) is 0 Å². The number of pyridine rings is 2. The van der Waals surface area contributed by atoms with Gasteiger partial charge in [0, 0.05) is 49.2 Å². The molecule has 0 aliphatic rings. The second kappa shape index (κ2) is 14.4. The number of hydrogen-bond donors (Lipinski definition) is 0. The molecule has 0 fully saturated rings. The third-order valence-corrected chi connectivity index (χ3v) is 11.1. The average molecular weight is 831 g/mol. The Bertz CT molecular complexity index is 2340. The first-order valence-electron chi connectivity index (χ1n) is 16.5. The van der Waals surface area contributed by atoms with Crippen LogP contribution < -0.4 is 5.19 Å².